The smallest absolute Gasteiger partial charge is 0.275 e. The van der Waals surface area contributed by atoms with Gasteiger partial charge in [0.2, 0.25) is 5.91 Å². The molecule has 4 aliphatic rings. The van der Waals surface area contributed by atoms with Crippen molar-refractivity contribution in [1.82, 2.24) is 19.6 Å². The monoisotopic (exact) mass is 418 g/mol. The quantitative estimate of drug-likeness (QED) is 0.704. The van der Waals surface area contributed by atoms with E-state index < -0.39 is 0 Å². The third kappa shape index (κ3) is 3.23. The first-order valence-corrected chi connectivity index (χ1v) is 11.9. The summed E-state index contributed by atoms with van der Waals surface area (Å²) in [6, 6.07) is 8.36. The van der Waals surface area contributed by atoms with E-state index >= 15 is 0 Å². The molecule has 1 aliphatic carbocycles. The van der Waals surface area contributed by atoms with Gasteiger partial charge in [0.25, 0.3) is 5.56 Å². The van der Waals surface area contributed by atoms with E-state index in [1.54, 1.807) is 12.3 Å². The van der Waals surface area contributed by atoms with E-state index in [1.807, 2.05) is 18.2 Å². The number of benzene rings is 1. The molecule has 6 nitrogen and oxygen atoms in total. The molecule has 0 radical (unpaired) electrons. The Labute approximate surface area is 182 Å². The molecule has 3 aliphatic heterocycles. The summed E-state index contributed by atoms with van der Waals surface area (Å²) in [7, 11) is 0. The maximum Gasteiger partial charge on any atom is 0.275 e. The van der Waals surface area contributed by atoms with Crippen molar-refractivity contribution < 1.29 is 4.79 Å². The third-order valence-electron chi connectivity index (χ3n) is 8.02. The second-order valence-corrected chi connectivity index (χ2v) is 9.79. The van der Waals surface area contributed by atoms with Gasteiger partial charge in [-0.2, -0.15) is 5.10 Å². The molecule has 1 aromatic carbocycles. The van der Waals surface area contributed by atoms with Gasteiger partial charge in [-0.3, -0.25) is 14.5 Å². The second kappa shape index (κ2) is 7.59. The van der Waals surface area contributed by atoms with Gasteiger partial charge >= 0.3 is 0 Å². The van der Waals surface area contributed by atoms with Crippen LogP contribution in [0.4, 0.5) is 0 Å². The molecule has 6 rings (SSSR count). The molecule has 4 atom stereocenters. The van der Waals surface area contributed by atoms with Gasteiger partial charge in [-0.05, 0) is 56.6 Å². The van der Waals surface area contributed by atoms with Crippen molar-refractivity contribution in [3.8, 4) is 0 Å². The molecule has 0 unspecified atom stereocenters. The summed E-state index contributed by atoms with van der Waals surface area (Å²) in [5.74, 6) is 1.20. The lowest BCUT2D eigenvalue weighted by Crippen LogP contribution is -2.60. The lowest BCUT2D eigenvalue weighted by Gasteiger charge is -2.54. The number of hydrogen-bond acceptors (Lipinski definition) is 4. The van der Waals surface area contributed by atoms with Gasteiger partial charge in [-0.15, -0.1) is 0 Å². The SMILES string of the molecule is O=C(Cn1ncc2ccccc2c1=O)N1CCCC2=C[C@H]3C[C@H](CN4CCCC[C@@H]34)[C@H]21. The molecule has 0 N–H and O–H groups in total. The Morgan fingerprint density at radius 1 is 1.13 bits per heavy atom. The van der Waals surface area contributed by atoms with Crippen molar-refractivity contribution in [2.75, 3.05) is 19.6 Å². The van der Waals surface area contributed by atoms with Gasteiger partial charge in [0, 0.05) is 24.5 Å². The number of nitrogens with zero attached hydrogens (tertiary/aromatic N) is 4. The lowest BCUT2D eigenvalue weighted by molar-refractivity contribution is -0.137. The lowest BCUT2D eigenvalue weighted by atomic mass is 9.68. The molecule has 31 heavy (non-hydrogen) atoms. The summed E-state index contributed by atoms with van der Waals surface area (Å²) >= 11 is 0. The number of aromatic nitrogens is 2. The molecule has 0 saturated carbocycles. The first-order chi connectivity index (χ1) is 15.2. The molecular weight excluding hydrogens is 388 g/mol. The van der Waals surface area contributed by atoms with Crippen LogP contribution >= 0.6 is 0 Å². The Kier molecular flexibility index (Phi) is 4.71. The van der Waals surface area contributed by atoms with Crippen molar-refractivity contribution in [1.29, 1.82) is 0 Å². The number of carbonyl (C=O) groups excluding carboxylic acids is 1. The van der Waals surface area contributed by atoms with Gasteiger partial charge in [-0.25, -0.2) is 4.68 Å². The molecule has 162 valence electrons. The van der Waals surface area contributed by atoms with Crippen LogP contribution in [-0.4, -0.2) is 57.2 Å². The Morgan fingerprint density at radius 3 is 2.97 bits per heavy atom. The van der Waals surface area contributed by atoms with E-state index in [4.69, 9.17) is 0 Å². The summed E-state index contributed by atoms with van der Waals surface area (Å²) in [5.41, 5.74) is 1.29. The minimum atomic E-state index is -0.184. The van der Waals surface area contributed by atoms with Crippen LogP contribution < -0.4 is 5.56 Å². The fourth-order valence-electron chi connectivity index (χ4n) is 6.71. The Balaban J connectivity index is 1.28. The topological polar surface area (TPSA) is 58.4 Å². The number of rotatable bonds is 2. The van der Waals surface area contributed by atoms with Crippen LogP contribution in [0.1, 0.15) is 38.5 Å². The number of carbonyl (C=O) groups is 1. The van der Waals surface area contributed by atoms with Crippen molar-refractivity contribution in [2.45, 2.75) is 57.2 Å². The van der Waals surface area contributed by atoms with Crippen LogP contribution in [0.3, 0.4) is 0 Å². The number of fused-ring (bicyclic) bond motifs is 7. The van der Waals surface area contributed by atoms with Crippen LogP contribution in [0.5, 0.6) is 0 Å². The predicted molar refractivity (Wildman–Crippen MR) is 120 cm³/mol. The fourth-order valence-corrected chi connectivity index (χ4v) is 6.71. The van der Waals surface area contributed by atoms with E-state index in [1.165, 1.54) is 42.5 Å². The van der Waals surface area contributed by atoms with Crippen LogP contribution in [0.25, 0.3) is 10.8 Å². The molecular formula is C25H30N4O2. The summed E-state index contributed by atoms with van der Waals surface area (Å²) in [6.45, 7) is 3.13. The third-order valence-corrected chi connectivity index (χ3v) is 8.02. The average molecular weight is 419 g/mol. The van der Waals surface area contributed by atoms with Crippen LogP contribution in [0.2, 0.25) is 0 Å². The molecule has 6 heteroatoms. The van der Waals surface area contributed by atoms with E-state index in [0.717, 1.165) is 31.3 Å². The molecule has 2 aromatic rings. The number of hydrogen-bond donors (Lipinski definition) is 0. The Morgan fingerprint density at radius 2 is 2.03 bits per heavy atom. The number of likely N-dealkylation sites (tertiary alicyclic amines) is 1. The van der Waals surface area contributed by atoms with Crippen LogP contribution in [-0.2, 0) is 11.3 Å². The predicted octanol–water partition coefficient (Wildman–Crippen LogP) is 2.82. The fraction of sp³-hybridized carbons (Fsp3) is 0.560. The van der Waals surface area contributed by atoms with Gasteiger partial charge in [-0.1, -0.05) is 36.3 Å². The van der Waals surface area contributed by atoms with Gasteiger partial charge in [0.1, 0.15) is 6.54 Å². The Bertz CT molecular complexity index is 1110. The molecule has 0 spiro atoms. The largest absolute Gasteiger partial charge is 0.334 e. The first kappa shape index (κ1) is 19.2. The minimum absolute atomic E-state index is 0.0237. The molecule has 3 saturated heterocycles. The number of amides is 1. The highest BCUT2D eigenvalue weighted by atomic mass is 16.2. The van der Waals surface area contributed by atoms with Crippen molar-refractivity contribution >= 4 is 16.7 Å². The molecule has 3 fully saturated rings. The zero-order valence-corrected chi connectivity index (χ0v) is 17.9. The molecule has 2 bridgehead atoms. The summed E-state index contributed by atoms with van der Waals surface area (Å²) < 4.78 is 1.34. The summed E-state index contributed by atoms with van der Waals surface area (Å²) in [5, 5.41) is 5.73. The molecule has 1 amide bonds. The normalized spacial score (nSPS) is 30.5. The average Bonchev–Trinajstić information content (AvgIpc) is 2.81. The van der Waals surface area contributed by atoms with E-state index in [-0.39, 0.29) is 24.1 Å². The van der Waals surface area contributed by atoms with Gasteiger partial charge in [0.15, 0.2) is 0 Å². The zero-order chi connectivity index (χ0) is 20.9. The van der Waals surface area contributed by atoms with E-state index in [9.17, 15) is 9.59 Å². The first-order valence-electron chi connectivity index (χ1n) is 11.9. The summed E-state index contributed by atoms with van der Waals surface area (Å²) in [4.78, 5) is 31.1. The van der Waals surface area contributed by atoms with E-state index in [0.29, 0.717) is 23.3 Å². The molecule has 4 heterocycles. The van der Waals surface area contributed by atoms with Crippen LogP contribution in [0.15, 0.2) is 46.9 Å². The maximum absolute atomic E-state index is 13.4. The highest BCUT2D eigenvalue weighted by Gasteiger charge is 2.46. The van der Waals surface area contributed by atoms with Crippen LogP contribution in [0, 0.1) is 11.8 Å². The van der Waals surface area contributed by atoms with Gasteiger partial charge in [0.05, 0.1) is 17.6 Å². The van der Waals surface area contributed by atoms with E-state index in [2.05, 4.69) is 21.0 Å². The minimum Gasteiger partial charge on any atom is -0.334 e. The number of piperidine rings is 3. The van der Waals surface area contributed by atoms with Crippen molar-refractivity contribution in [3.63, 3.8) is 0 Å². The standard InChI is InChI=1S/C25H30N4O2/c30-23(16-29-25(31)21-8-2-1-6-18(21)14-26-29)28-11-5-7-17-12-19-13-20(24(17)28)15-27-10-4-3-9-22(19)27/h1-2,6,8,12,14,19-20,22,24H,3-5,7,9-11,13,15-16H2/t19-,20+,22-,24-/m0/s1. The second-order valence-electron chi connectivity index (χ2n) is 9.79. The summed E-state index contributed by atoms with van der Waals surface area (Å²) in [6.07, 6.45) is 11.5. The zero-order valence-electron chi connectivity index (χ0n) is 17.9. The highest BCUT2D eigenvalue weighted by Crippen LogP contribution is 2.45. The van der Waals surface area contributed by atoms with Gasteiger partial charge < -0.3 is 4.90 Å². The van der Waals surface area contributed by atoms with Crippen molar-refractivity contribution in [3.05, 3.63) is 52.5 Å². The molecule has 1 aromatic heterocycles. The Hall–Kier alpha value is -2.47. The van der Waals surface area contributed by atoms with Crippen molar-refractivity contribution in [2.24, 2.45) is 11.8 Å². The maximum atomic E-state index is 13.4. The highest BCUT2D eigenvalue weighted by molar-refractivity contribution is 5.81.